The zero-order valence-electron chi connectivity index (χ0n) is 8.00. The second kappa shape index (κ2) is 4.19. The molecule has 0 heterocycles. The Morgan fingerprint density at radius 3 is 2.69 bits per heavy atom. The molecule has 0 atom stereocenters. The summed E-state index contributed by atoms with van der Waals surface area (Å²) in [6.07, 6.45) is 0.510. The number of carbonyl (C=O) groups is 1. The minimum absolute atomic E-state index is 0.00331. The largest absolute Gasteiger partial charge is 0.392 e. The highest BCUT2D eigenvalue weighted by atomic mass is 16.3. The predicted octanol–water partition coefficient (Wildman–Crippen LogP) is 2.08. The molecule has 0 spiro atoms. The SMILES string of the molecule is CCC(=O)c1cccc(CO)c1C. The summed E-state index contributed by atoms with van der Waals surface area (Å²) in [6, 6.07) is 5.45. The van der Waals surface area contributed by atoms with E-state index in [1.54, 1.807) is 12.1 Å². The summed E-state index contributed by atoms with van der Waals surface area (Å²) in [5.74, 6) is 0.132. The number of Topliss-reactive ketones (excluding diaryl/α,β-unsaturated/α-hetero) is 1. The lowest BCUT2D eigenvalue weighted by molar-refractivity contribution is 0.0987. The van der Waals surface area contributed by atoms with Gasteiger partial charge in [-0.25, -0.2) is 0 Å². The molecule has 13 heavy (non-hydrogen) atoms. The van der Waals surface area contributed by atoms with Gasteiger partial charge in [0.15, 0.2) is 5.78 Å². The van der Waals surface area contributed by atoms with Gasteiger partial charge in [-0.05, 0) is 18.1 Å². The lowest BCUT2D eigenvalue weighted by atomic mass is 9.99. The Morgan fingerprint density at radius 2 is 2.15 bits per heavy atom. The van der Waals surface area contributed by atoms with Crippen LogP contribution in [0.3, 0.4) is 0 Å². The highest BCUT2D eigenvalue weighted by Crippen LogP contribution is 2.15. The first kappa shape index (κ1) is 9.93. The standard InChI is InChI=1S/C11H14O2/c1-3-11(13)10-6-4-5-9(7-12)8(10)2/h4-6,12H,3,7H2,1-2H3. The second-order valence-electron chi connectivity index (χ2n) is 3.02. The molecule has 0 aliphatic heterocycles. The number of benzene rings is 1. The molecule has 0 aliphatic rings. The quantitative estimate of drug-likeness (QED) is 0.719. The molecule has 2 heteroatoms. The van der Waals surface area contributed by atoms with Crippen molar-refractivity contribution in [1.29, 1.82) is 0 Å². The van der Waals surface area contributed by atoms with Crippen LogP contribution in [0.15, 0.2) is 18.2 Å². The van der Waals surface area contributed by atoms with Gasteiger partial charge in [0.1, 0.15) is 0 Å². The number of hydrogen-bond acceptors (Lipinski definition) is 2. The van der Waals surface area contributed by atoms with Crippen molar-refractivity contribution in [2.45, 2.75) is 26.9 Å². The molecule has 0 saturated heterocycles. The fourth-order valence-electron chi connectivity index (χ4n) is 1.35. The molecule has 0 radical (unpaired) electrons. The molecule has 0 aliphatic carbocycles. The van der Waals surface area contributed by atoms with Crippen LogP contribution in [0, 0.1) is 6.92 Å². The molecule has 1 rings (SSSR count). The maximum absolute atomic E-state index is 11.4. The Bertz CT molecular complexity index is 316. The smallest absolute Gasteiger partial charge is 0.162 e. The molecule has 2 nitrogen and oxygen atoms in total. The van der Waals surface area contributed by atoms with Gasteiger partial charge >= 0.3 is 0 Å². The highest BCUT2D eigenvalue weighted by molar-refractivity contribution is 5.97. The van der Waals surface area contributed by atoms with Crippen LogP contribution in [0.4, 0.5) is 0 Å². The molecule has 70 valence electrons. The Balaban J connectivity index is 3.15. The number of aliphatic hydroxyl groups is 1. The van der Waals surface area contributed by atoms with Crippen LogP contribution in [0.2, 0.25) is 0 Å². The molecular weight excluding hydrogens is 164 g/mol. The summed E-state index contributed by atoms with van der Waals surface area (Å²) >= 11 is 0. The Hall–Kier alpha value is -1.15. The topological polar surface area (TPSA) is 37.3 Å². The summed E-state index contributed by atoms with van der Waals surface area (Å²) < 4.78 is 0. The fraction of sp³-hybridized carbons (Fsp3) is 0.364. The lowest BCUT2D eigenvalue weighted by Gasteiger charge is -2.07. The average molecular weight is 178 g/mol. The van der Waals surface area contributed by atoms with E-state index in [9.17, 15) is 4.79 Å². The van der Waals surface area contributed by atoms with E-state index in [1.165, 1.54) is 0 Å². The third-order valence-corrected chi connectivity index (χ3v) is 2.24. The molecule has 0 saturated carbocycles. The first-order chi connectivity index (χ1) is 6.20. The first-order valence-electron chi connectivity index (χ1n) is 4.43. The molecule has 1 aromatic rings. The summed E-state index contributed by atoms with van der Waals surface area (Å²) in [5.41, 5.74) is 2.46. The van der Waals surface area contributed by atoms with Crippen LogP contribution in [-0.2, 0) is 6.61 Å². The van der Waals surface area contributed by atoms with Crippen LogP contribution >= 0.6 is 0 Å². The Labute approximate surface area is 78.2 Å². The normalized spacial score (nSPS) is 10.1. The monoisotopic (exact) mass is 178 g/mol. The van der Waals surface area contributed by atoms with E-state index in [0.29, 0.717) is 6.42 Å². The number of ketones is 1. The van der Waals surface area contributed by atoms with Crippen LogP contribution in [0.1, 0.15) is 34.8 Å². The van der Waals surface area contributed by atoms with Gasteiger partial charge in [0.25, 0.3) is 0 Å². The fourth-order valence-corrected chi connectivity index (χ4v) is 1.35. The summed E-state index contributed by atoms with van der Waals surface area (Å²) in [5, 5.41) is 8.99. The number of aliphatic hydroxyl groups excluding tert-OH is 1. The van der Waals surface area contributed by atoms with Gasteiger partial charge in [-0.15, -0.1) is 0 Å². The van der Waals surface area contributed by atoms with Crippen LogP contribution in [0.5, 0.6) is 0 Å². The van der Waals surface area contributed by atoms with Crippen molar-refractivity contribution >= 4 is 5.78 Å². The highest BCUT2D eigenvalue weighted by Gasteiger charge is 2.08. The number of hydrogen-bond donors (Lipinski definition) is 1. The van der Waals surface area contributed by atoms with Gasteiger partial charge in [-0.2, -0.15) is 0 Å². The van der Waals surface area contributed by atoms with Crippen LogP contribution < -0.4 is 0 Å². The molecule has 0 fully saturated rings. The summed E-state index contributed by atoms with van der Waals surface area (Å²) in [6.45, 7) is 3.71. The van der Waals surface area contributed by atoms with Gasteiger partial charge in [-0.3, -0.25) is 4.79 Å². The molecule has 0 bridgehead atoms. The maximum atomic E-state index is 11.4. The van der Waals surface area contributed by atoms with E-state index < -0.39 is 0 Å². The predicted molar refractivity (Wildman–Crippen MR) is 51.7 cm³/mol. The molecular formula is C11H14O2. The van der Waals surface area contributed by atoms with Gasteiger partial charge < -0.3 is 5.11 Å². The van der Waals surface area contributed by atoms with E-state index in [-0.39, 0.29) is 12.4 Å². The summed E-state index contributed by atoms with van der Waals surface area (Å²) in [7, 11) is 0. The first-order valence-corrected chi connectivity index (χ1v) is 4.43. The third-order valence-electron chi connectivity index (χ3n) is 2.24. The Kier molecular flexibility index (Phi) is 3.20. The zero-order chi connectivity index (χ0) is 9.84. The minimum atomic E-state index is -0.00331. The molecule has 0 aromatic heterocycles. The van der Waals surface area contributed by atoms with Crippen molar-refractivity contribution in [2.24, 2.45) is 0 Å². The Morgan fingerprint density at radius 1 is 1.46 bits per heavy atom. The number of carbonyl (C=O) groups excluding carboxylic acids is 1. The molecule has 1 aromatic carbocycles. The van der Waals surface area contributed by atoms with Crippen molar-refractivity contribution < 1.29 is 9.90 Å². The lowest BCUT2D eigenvalue weighted by Crippen LogP contribution is -2.02. The zero-order valence-corrected chi connectivity index (χ0v) is 8.00. The van der Waals surface area contributed by atoms with Crippen molar-refractivity contribution in [2.75, 3.05) is 0 Å². The van der Waals surface area contributed by atoms with Crippen LogP contribution in [-0.4, -0.2) is 10.9 Å². The van der Waals surface area contributed by atoms with Crippen molar-refractivity contribution in [3.63, 3.8) is 0 Å². The van der Waals surface area contributed by atoms with Gasteiger partial charge in [0.05, 0.1) is 6.61 Å². The van der Waals surface area contributed by atoms with E-state index in [2.05, 4.69) is 0 Å². The maximum Gasteiger partial charge on any atom is 0.162 e. The van der Waals surface area contributed by atoms with Crippen molar-refractivity contribution in [3.05, 3.63) is 34.9 Å². The number of rotatable bonds is 3. The van der Waals surface area contributed by atoms with E-state index in [0.717, 1.165) is 16.7 Å². The van der Waals surface area contributed by atoms with Crippen molar-refractivity contribution in [3.8, 4) is 0 Å². The van der Waals surface area contributed by atoms with Gasteiger partial charge in [0.2, 0.25) is 0 Å². The average Bonchev–Trinajstić information content (AvgIpc) is 2.17. The molecule has 1 N–H and O–H groups in total. The van der Waals surface area contributed by atoms with E-state index in [1.807, 2.05) is 19.9 Å². The van der Waals surface area contributed by atoms with E-state index >= 15 is 0 Å². The molecule has 0 amide bonds. The minimum Gasteiger partial charge on any atom is -0.392 e. The summed E-state index contributed by atoms with van der Waals surface area (Å²) in [4.78, 5) is 11.4. The van der Waals surface area contributed by atoms with Gasteiger partial charge in [0, 0.05) is 12.0 Å². The van der Waals surface area contributed by atoms with Gasteiger partial charge in [-0.1, -0.05) is 25.1 Å². The van der Waals surface area contributed by atoms with Crippen LogP contribution in [0.25, 0.3) is 0 Å². The molecule has 0 unspecified atom stereocenters. The van der Waals surface area contributed by atoms with Crippen molar-refractivity contribution in [1.82, 2.24) is 0 Å². The van der Waals surface area contributed by atoms with E-state index in [4.69, 9.17) is 5.11 Å². The second-order valence-corrected chi connectivity index (χ2v) is 3.02. The third kappa shape index (κ3) is 1.95.